The fraction of sp³-hybridized carbons (Fsp3) is 0.467. The summed E-state index contributed by atoms with van der Waals surface area (Å²) in [6.07, 6.45) is 11.8. The monoisotopic (exact) mass is 256 g/mol. The van der Waals surface area contributed by atoms with Gasteiger partial charge in [0, 0.05) is 25.4 Å². The van der Waals surface area contributed by atoms with Crippen LogP contribution in [0, 0.1) is 12.3 Å². The van der Waals surface area contributed by atoms with Crippen molar-refractivity contribution < 1.29 is 0 Å². The standard InChI is InChI=1S/C15H20N4/c1-4-5-6-7-8-16-15-14-11-13(12(2)3)18-19(14)10-9-17-15/h1,9-12H,5-8H2,2-3H3,(H,16,17). The zero-order chi connectivity index (χ0) is 13.7. The number of rotatable bonds is 6. The highest BCUT2D eigenvalue weighted by atomic mass is 15.2. The third-order valence-electron chi connectivity index (χ3n) is 3.04. The van der Waals surface area contributed by atoms with E-state index in [4.69, 9.17) is 6.42 Å². The highest BCUT2D eigenvalue weighted by Crippen LogP contribution is 2.19. The molecule has 1 N–H and O–H groups in total. The first-order valence-corrected chi connectivity index (χ1v) is 6.74. The number of unbranched alkanes of at least 4 members (excludes halogenated alkanes) is 2. The summed E-state index contributed by atoms with van der Waals surface area (Å²) in [6, 6.07) is 2.10. The molecule has 100 valence electrons. The second kappa shape index (κ2) is 6.24. The number of anilines is 1. The van der Waals surface area contributed by atoms with Crippen molar-refractivity contribution in [3.63, 3.8) is 0 Å². The van der Waals surface area contributed by atoms with E-state index >= 15 is 0 Å². The Hall–Kier alpha value is -2.02. The van der Waals surface area contributed by atoms with Crippen molar-refractivity contribution in [2.45, 2.75) is 39.0 Å². The molecule has 4 nitrogen and oxygen atoms in total. The van der Waals surface area contributed by atoms with E-state index in [1.165, 1.54) is 0 Å². The Morgan fingerprint density at radius 1 is 1.42 bits per heavy atom. The zero-order valence-electron chi connectivity index (χ0n) is 11.6. The summed E-state index contributed by atoms with van der Waals surface area (Å²) in [5, 5.41) is 7.90. The molecule has 4 heteroatoms. The molecule has 0 spiro atoms. The third-order valence-corrected chi connectivity index (χ3v) is 3.04. The predicted molar refractivity (Wildman–Crippen MR) is 78.2 cm³/mol. The van der Waals surface area contributed by atoms with Crippen LogP contribution in [0.1, 0.15) is 44.7 Å². The van der Waals surface area contributed by atoms with Gasteiger partial charge in [-0.3, -0.25) is 0 Å². The lowest BCUT2D eigenvalue weighted by atomic mass is 10.1. The summed E-state index contributed by atoms with van der Waals surface area (Å²) < 4.78 is 1.88. The summed E-state index contributed by atoms with van der Waals surface area (Å²) in [5.41, 5.74) is 2.12. The van der Waals surface area contributed by atoms with Gasteiger partial charge in [-0.25, -0.2) is 9.50 Å². The van der Waals surface area contributed by atoms with Gasteiger partial charge in [0.05, 0.1) is 5.69 Å². The van der Waals surface area contributed by atoms with Crippen molar-refractivity contribution in [1.29, 1.82) is 0 Å². The largest absolute Gasteiger partial charge is 0.368 e. The van der Waals surface area contributed by atoms with Crippen molar-refractivity contribution >= 4 is 11.3 Å². The van der Waals surface area contributed by atoms with Gasteiger partial charge in [-0.2, -0.15) is 5.10 Å². The Labute approximate surface area is 114 Å². The first kappa shape index (κ1) is 13.4. The van der Waals surface area contributed by atoms with Crippen LogP contribution in [0.4, 0.5) is 5.82 Å². The maximum absolute atomic E-state index is 5.23. The molecule has 0 unspecified atom stereocenters. The van der Waals surface area contributed by atoms with Gasteiger partial charge in [-0.05, 0) is 24.8 Å². The zero-order valence-corrected chi connectivity index (χ0v) is 11.6. The van der Waals surface area contributed by atoms with E-state index in [0.29, 0.717) is 5.92 Å². The highest BCUT2D eigenvalue weighted by molar-refractivity contribution is 5.67. The fourth-order valence-corrected chi connectivity index (χ4v) is 1.92. The van der Waals surface area contributed by atoms with Gasteiger partial charge in [0.25, 0.3) is 0 Å². The summed E-state index contributed by atoms with van der Waals surface area (Å²) in [6.45, 7) is 5.17. The van der Waals surface area contributed by atoms with Crippen LogP contribution in [0.2, 0.25) is 0 Å². The van der Waals surface area contributed by atoms with Gasteiger partial charge in [0.1, 0.15) is 5.52 Å². The van der Waals surface area contributed by atoms with E-state index in [-0.39, 0.29) is 0 Å². The highest BCUT2D eigenvalue weighted by Gasteiger charge is 2.09. The van der Waals surface area contributed by atoms with Crippen LogP contribution in [0.5, 0.6) is 0 Å². The summed E-state index contributed by atoms with van der Waals surface area (Å²) >= 11 is 0. The average Bonchev–Trinajstić information content (AvgIpc) is 2.83. The second-order valence-electron chi connectivity index (χ2n) is 4.92. The lowest BCUT2D eigenvalue weighted by Gasteiger charge is -2.05. The normalized spacial score (nSPS) is 10.8. The van der Waals surface area contributed by atoms with Gasteiger partial charge < -0.3 is 5.32 Å². The summed E-state index contributed by atoms with van der Waals surface area (Å²) in [7, 11) is 0. The Bertz CT molecular complexity index is 577. The van der Waals surface area contributed by atoms with Crippen molar-refractivity contribution in [2.24, 2.45) is 0 Å². The first-order chi connectivity index (χ1) is 9.22. The number of hydrogen-bond acceptors (Lipinski definition) is 3. The number of nitrogens with zero attached hydrogens (tertiary/aromatic N) is 3. The fourth-order valence-electron chi connectivity index (χ4n) is 1.92. The van der Waals surface area contributed by atoms with Crippen LogP contribution < -0.4 is 5.32 Å². The van der Waals surface area contributed by atoms with Crippen LogP contribution in [0.3, 0.4) is 0 Å². The van der Waals surface area contributed by atoms with E-state index in [1.54, 1.807) is 6.20 Å². The molecule has 19 heavy (non-hydrogen) atoms. The first-order valence-electron chi connectivity index (χ1n) is 6.74. The van der Waals surface area contributed by atoms with Gasteiger partial charge in [-0.1, -0.05) is 13.8 Å². The molecule has 0 aliphatic heterocycles. The predicted octanol–water partition coefficient (Wildman–Crippen LogP) is 3.07. The van der Waals surface area contributed by atoms with Crippen molar-refractivity contribution in [1.82, 2.24) is 14.6 Å². The molecule has 0 fully saturated rings. The molecule has 0 saturated carbocycles. The Kier molecular flexibility index (Phi) is 4.40. The van der Waals surface area contributed by atoms with E-state index in [9.17, 15) is 0 Å². The van der Waals surface area contributed by atoms with Gasteiger partial charge in [0.15, 0.2) is 5.82 Å². The van der Waals surface area contributed by atoms with Crippen molar-refractivity contribution in [3.05, 3.63) is 24.2 Å². The minimum absolute atomic E-state index is 0.420. The molecule has 2 aromatic heterocycles. The number of aromatic nitrogens is 3. The summed E-state index contributed by atoms with van der Waals surface area (Å²) in [5.74, 6) is 3.97. The van der Waals surface area contributed by atoms with E-state index in [1.807, 2.05) is 10.7 Å². The van der Waals surface area contributed by atoms with Crippen LogP contribution >= 0.6 is 0 Å². The topological polar surface area (TPSA) is 42.2 Å². The Morgan fingerprint density at radius 2 is 2.26 bits per heavy atom. The Balaban J connectivity index is 2.08. The van der Waals surface area contributed by atoms with Crippen LogP contribution in [0.25, 0.3) is 5.52 Å². The molecular weight excluding hydrogens is 236 g/mol. The minimum Gasteiger partial charge on any atom is -0.368 e. The molecule has 2 heterocycles. The molecule has 0 amide bonds. The van der Waals surface area contributed by atoms with Crippen LogP contribution in [0.15, 0.2) is 18.5 Å². The number of terminal acetylenes is 1. The van der Waals surface area contributed by atoms with Gasteiger partial charge >= 0.3 is 0 Å². The molecule has 2 rings (SSSR count). The number of fused-ring (bicyclic) bond motifs is 1. The smallest absolute Gasteiger partial charge is 0.152 e. The Morgan fingerprint density at radius 3 is 3.00 bits per heavy atom. The quantitative estimate of drug-likeness (QED) is 0.638. The van der Waals surface area contributed by atoms with E-state index in [0.717, 1.165) is 42.8 Å². The van der Waals surface area contributed by atoms with Crippen molar-refractivity contribution in [2.75, 3.05) is 11.9 Å². The lowest BCUT2D eigenvalue weighted by molar-refractivity contribution is 0.781. The third kappa shape index (κ3) is 3.25. The molecule has 0 aromatic carbocycles. The molecule has 0 radical (unpaired) electrons. The average molecular weight is 256 g/mol. The molecule has 0 aliphatic carbocycles. The van der Waals surface area contributed by atoms with Gasteiger partial charge in [0.2, 0.25) is 0 Å². The molecular formula is C15H20N4. The van der Waals surface area contributed by atoms with Crippen LogP contribution in [-0.2, 0) is 0 Å². The second-order valence-corrected chi connectivity index (χ2v) is 4.92. The van der Waals surface area contributed by atoms with Gasteiger partial charge in [-0.15, -0.1) is 12.3 Å². The molecule has 2 aromatic rings. The SMILES string of the molecule is C#CCCCCNc1nccn2nc(C(C)C)cc12. The molecule has 0 atom stereocenters. The number of nitrogens with one attached hydrogen (secondary N) is 1. The molecule has 0 aliphatic rings. The van der Waals surface area contributed by atoms with Crippen LogP contribution in [-0.4, -0.2) is 21.1 Å². The van der Waals surface area contributed by atoms with E-state index < -0.39 is 0 Å². The van der Waals surface area contributed by atoms with E-state index in [2.05, 4.69) is 41.2 Å². The molecule has 0 saturated heterocycles. The summed E-state index contributed by atoms with van der Waals surface area (Å²) in [4.78, 5) is 4.39. The number of hydrogen-bond donors (Lipinski definition) is 1. The maximum Gasteiger partial charge on any atom is 0.152 e. The minimum atomic E-state index is 0.420. The van der Waals surface area contributed by atoms with Crippen molar-refractivity contribution in [3.8, 4) is 12.3 Å². The molecule has 0 bridgehead atoms. The lowest BCUT2D eigenvalue weighted by Crippen LogP contribution is -2.05. The maximum atomic E-state index is 5.23.